The van der Waals surface area contributed by atoms with Gasteiger partial charge in [0.1, 0.15) is 5.84 Å². The van der Waals surface area contributed by atoms with E-state index in [4.69, 9.17) is 17.3 Å². The molecule has 0 amide bonds. The summed E-state index contributed by atoms with van der Waals surface area (Å²) in [4.78, 5) is 4.19. The Bertz CT molecular complexity index is 557. The van der Waals surface area contributed by atoms with E-state index in [1.807, 2.05) is 48.5 Å². The van der Waals surface area contributed by atoms with E-state index in [2.05, 4.69) is 4.99 Å². The summed E-state index contributed by atoms with van der Waals surface area (Å²) in [6, 6.07) is 17.2. The lowest BCUT2D eigenvalue weighted by molar-refractivity contribution is 1.47. The number of benzene rings is 2. The van der Waals surface area contributed by atoms with Crippen LogP contribution in [0.2, 0.25) is 5.02 Å². The Kier molecular flexibility index (Phi) is 4.15. The molecule has 0 spiro atoms. The first-order valence-corrected chi connectivity index (χ1v) is 5.94. The minimum atomic E-state index is 0.471. The highest BCUT2D eigenvalue weighted by Crippen LogP contribution is 2.09. The third kappa shape index (κ3) is 3.47. The molecule has 0 aliphatic carbocycles. The van der Waals surface area contributed by atoms with Crippen LogP contribution in [0.3, 0.4) is 0 Å². The van der Waals surface area contributed by atoms with Crippen LogP contribution in [-0.2, 0) is 0 Å². The van der Waals surface area contributed by atoms with Crippen LogP contribution in [0.25, 0.3) is 6.08 Å². The van der Waals surface area contributed by atoms with E-state index in [1.165, 1.54) is 0 Å². The van der Waals surface area contributed by atoms with Gasteiger partial charge in [0.15, 0.2) is 0 Å². The fourth-order valence-corrected chi connectivity index (χ4v) is 1.59. The summed E-state index contributed by atoms with van der Waals surface area (Å²) in [5, 5.41) is 0.686. The van der Waals surface area contributed by atoms with Gasteiger partial charge in [-0.05, 0) is 35.9 Å². The van der Waals surface area contributed by atoms with E-state index in [1.54, 1.807) is 18.3 Å². The molecule has 2 rings (SSSR count). The van der Waals surface area contributed by atoms with Gasteiger partial charge in [-0.25, -0.2) is 4.99 Å². The molecule has 18 heavy (non-hydrogen) atoms. The molecule has 0 aliphatic rings. The predicted molar refractivity (Wildman–Crippen MR) is 77.7 cm³/mol. The first-order chi connectivity index (χ1) is 8.75. The maximum Gasteiger partial charge on any atom is 0.130 e. The summed E-state index contributed by atoms with van der Waals surface area (Å²) in [5.41, 5.74) is 7.81. The summed E-state index contributed by atoms with van der Waals surface area (Å²) in [6.45, 7) is 0. The molecule has 0 unspecified atom stereocenters. The van der Waals surface area contributed by atoms with Crippen LogP contribution in [0.15, 0.2) is 65.8 Å². The number of hydrogen-bond donors (Lipinski definition) is 1. The smallest absolute Gasteiger partial charge is 0.130 e. The molecule has 2 aromatic rings. The van der Waals surface area contributed by atoms with Gasteiger partial charge < -0.3 is 5.73 Å². The minimum absolute atomic E-state index is 0.471. The van der Waals surface area contributed by atoms with Crippen molar-refractivity contribution in [1.29, 1.82) is 0 Å². The molecule has 0 aliphatic heterocycles. The van der Waals surface area contributed by atoms with Gasteiger partial charge >= 0.3 is 0 Å². The molecular weight excluding hydrogens is 244 g/mol. The zero-order valence-corrected chi connectivity index (χ0v) is 10.5. The highest BCUT2D eigenvalue weighted by molar-refractivity contribution is 6.30. The molecule has 0 heterocycles. The zero-order chi connectivity index (χ0) is 12.8. The Hall–Kier alpha value is -2.06. The summed E-state index contributed by atoms with van der Waals surface area (Å²) in [5.74, 6) is 0.471. The molecule has 0 radical (unpaired) electrons. The van der Waals surface area contributed by atoms with Crippen LogP contribution in [0.4, 0.5) is 0 Å². The highest BCUT2D eigenvalue weighted by Gasteiger charge is 1.96. The van der Waals surface area contributed by atoms with Crippen LogP contribution < -0.4 is 5.73 Å². The minimum Gasteiger partial charge on any atom is -0.383 e. The van der Waals surface area contributed by atoms with E-state index in [0.29, 0.717) is 10.9 Å². The van der Waals surface area contributed by atoms with Gasteiger partial charge in [0.05, 0.1) is 0 Å². The average Bonchev–Trinajstić information content (AvgIpc) is 2.40. The zero-order valence-electron chi connectivity index (χ0n) is 9.75. The largest absolute Gasteiger partial charge is 0.383 e. The van der Waals surface area contributed by atoms with Crippen molar-refractivity contribution in [3.8, 4) is 0 Å². The first-order valence-electron chi connectivity index (χ1n) is 5.56. The number of hydrogen-bond acceptors (Lipinski definition) is 1. The van der Waals surface area contributed by atoms with Gasteiger partial charge in [-0.2, -0.15) is 0 Å². The first kappa shape index (κ1) is 12.4. The molecule has 0 aromatic heterocycles. The third-order valence-electron chi connectivity index (χ3n) is 2.42. The number of amidine groups is 1. The van der Waals surface area contributed by atoms with Crippen LogP contribution in [0.5, 0.6) is 0 Å². The SMILES string of the molecule is NC(=N/C=C/c1ccccc1)c1ccc(Cl)cc1. The van der Waals surface area contributed by atoms with Crippen molar-refractivity contribution in [3.05, 3.63) is 76.9 Å². The predicted octanol–water partition coefficient (Wildman–Crippen LogP) is 3.72. The molecule has 2 aromatic carbocycles. The van der Waals surface area contributed by atoms with Crippen molar-refractivity contribution in [1.82, 2.24) is 0 Å². The Labute approximate surface area is 111 Å². The molecule has 0 fully saturated rings. The number of aliphatic imine (C=N–C) groups is 1. The quantitative estimate of drug-likeness (QED) is 0.660. The summed E-state index contributed by atoms with van der Waals surface area (Å²) in [6.07, 6.45) is 3.60. The molecule has 90 valence electrons. The maximum absolute atomic E-state index is 5.86. The van der Waals surface area contributed by atoms with Gasteiger partial charge in [-0.1, -0.05) is 41.9 Å². The van der Waals surface area contributed by atoms with Crippen LogP contribution in [0, 0.1) is 0 Å². The van der Waals surface area contributed by atoms with E-state index in [0.717, 1.165) is 11.1 Å². The second-order valence-electron chi connectivity index (χ2n) is 3.75. The molecule has 0 bridgehead atoms. The van der Waals surface area contributed by atoms with Gasteiger partial charge in [-0.3, -0.25) is 0 Å². The van der Waals surface area contributed by atoms with Crippen molar-refractivity contribution >= 4 is 23.5 Å². The van der Waals surface area contributed by atoms with E-state index in [9.17, 15) is 0 Å². The summed E-state index contributed by atoms with van der Waals surface area (Å²) < 4.78 is 0. The maximum atomic E-state index is 5.86. The van der Waals surface area contributed by atoms with Gasteiger partial charge in [0.25, 0.3) is 0 Å². The van der Waals surface area contributed by atoms with Gasteiger partial charge in [0.2, 0.25) is 0 Å². The van der Waals surface area contributed by atoms with Crippen LogP contribution >= 0.6 is 11.6 Å². The fraction of sp³-hybridized carbons (Fsp3) is 0. The Morgan fingerprint density at radius 2 is 1.67 bits per heavy atom. The van der Waals surface area contributed by atoms with E-state index < -0.39 is 0 Å². The fourth-order valence-electron chi connectivity index (χ4n) is 1.46. The number of halogens is 1. The Morgan fingerprint density at radius 3 is 2.33 bits per heavy atom. The normalized spacial score (nSPS) is 11.9. The molecule has 0 saturated heterocycles. The second kappa shape index (κ2) is 6.03. The van der Waals surface area contributed by atoms with Gasteiger partial charge in [0, 0.05) is 16.8 Å². The van der Waals surface area contributed by atoms with E-state index >= 15 is 0 Å². The van der Waals surface area contributed by atoms with E-state index in [-0.39, 0.29) is 0 Å². The standard InChI is InChI=1S/C15H13ClN2/c16-14-8-6-13(7-9-14)15(17)18-11-10-12-4-2-1-3-5-12/h1-11H,(H2,17,18)/b11-10+. The Morgan fingerprint density at radius 1 is 1.00 bits per heavy atom. The Balaban J connectivity index is 2.10. The highest BCUT2D eigenvalue weighted by atomic mass is 35.5. The van der Waals surface area contributed by atoms with Crippen molar-refractivity contribution in [2.75, 3.05) is 0 Å². The van der Waals surface area contributed by atoms with Crippen molar-refractivity contribution in [2.24, 2.45) is 10.7 Å². The lowest BCUT2D eigenvalue weighted by Gasteiger charge is -1.98. The summed E-state index contributed by atoms with van der Waals surface area (Å²) >= 11 is 5.81. The second-order valence-corrected chi connectivity index (χ2v) is 4.18. The topological polar surface area (TPSA) is 38.4 Å². The van der Waals surface area contributed by atoms with Crippen molar-refractivity contribution < 1.29 is 0 Å². The molecule has 2 nitrogen and oxygen atoms in total. The molecule has 0 atom stereocenters. The van der Waals surface area contributed by atoms with Crippen LogP contribution in [0.1, 0.15) is 11.1 Å². The monoisotopic (exact) mass is 256 g/mol. The van der Waals surface area contributed by atoms with Crippen molar-refractivity contribution in [2.45, 2.75) is 0 Å². The average molecular weight is 257 g/mol. The molecular formula is C15H13ClN2. The molecule has 0 saturated carbocycles. The van der Waals surface area contributed by atoms with Crippen LogP contribution in [-0.4, -0.2) is 5.84 Å². The number of rotatable bonds is 3. The summed E-state index contributed by atoms with van der Waals surface area (Å²) in [7, 11) is 0. The van der Waals surface area contributed by atoms with Gasteiger partial charge in [-0.15, -0.1) is 0 Å². The molecule has 2 N–H and O–H groups in total. The third-order valence-corrected chi connectivity index (χ3v) is 2.67. The molecule has 3 heteroatoms. The lowest BCUT2D eigenvalue weighted by Crippen LogP contribution is -2.12. The van der Waals surface area contributed by atoms with Crippen molar-refractivity contribution in [3.63, 3.8) is 0 Å². The number of nitrogens with zero attached hydrogens (tertiary/aromatic N) is 1. The number of nitrogens with two attached hydrogens (primary N) is 1. The lowest BCUT2D eigenvalue weighted by atomic mass is 10.2.